The topological polar surface area (TPSA) is 116 Å². The molecule has 2 aliphatic rings. The van der Waals surface area contributed by atoms with Gasteiger partial charge in [0.05, 0.1) is 17.8 Å². The van der Waals surface area contributed by atoms with Gasteiger partial charge in [0.15, 0.2) is 5.66 Å². The van der Waals surface area contributed by atoms with E-state index in [1.54, 1.807) is 37.4 Å². The molecule has 5 rings (SSSR count). The molecule has 2 aliphatic heterocycles. The zero-order valence-electron chi connectivity index (χ0n) is 24.5. The number of carbonyl (C=O) groups is 1. The third kappa shape index (κ3) is 6.27. The Labute approximate surface area is 249 Å². The standard InChI is InChI=1S/C32H34FN7O3/c1-5-6-14-32(36-37-32)15-7-16-43-31(42)30(23-8-10-24(33)11-9-23)40-20-21(2)39(19-22(40)3)27-17-28(41)38(4)26-13-12-25(18-34)35-29(26)27/h1,8-13,17,21-22,30H,6-7,14-16,19-20H2,2-4H3/t21-,22+,30?/m0/s1. The van der Waals surface area contributed by atoms with Gasteiger partial charge in [0, 0.05) is 51.1 Å². The van der Waals surface area contributed by atoms with Crippen molar-refractivity contribution >= 4 is 22.7 Å². The molecule has 3 aromatic rings. The molecule has 0 amide bonds. The Morgan fingerprint density at radius 1 is 1.16 bits per heavy atom. The van der Waals surface area contributed by atoms with Crippen molar-refractivity contribution in [1.82, 2.24) is 14.5 Å². The number of pyridine rings is 2. The summed E-state index contributed by atoms with van der Waals surface area (Å²) in [6.07, 6.45) is 7.89. The number of esters is 1. The van der Waals surface area contributed by atoms with Crippen LogP contribution in [0, 0.1) is 29.5 Å². The number of terminal acetylenes is 1. The first kappa shape index (κ1) is 29.9. The highest BCUT2D eigenvalue weighted by Crippen LogP contribution is 2.38. The van der Waals surface area contributed by atoms with Gasteiger partial charge in [0.25, 0.3) is 5.56 Å². The zero-order chi connectivity index (χ0) is 30.7. The maximum Gasteiger partial charge on any atom is 0.328 e. The molecule has 11 heteroatoms. The van der Waals surface area contributed by atoms with E-state index in [0.29, 0.717) is 61.1 Å². The highest BCUT2D eigenvalue weighted by Gasteiger charge is 2.40. The second-order valence-electron chi connectivity index (χ2n) is 11.3. The fourth-order valence-electron chi connectivity index (χ4n) is 5.82. The number of hydrogen-bond acceptors (Lipinski definition) is 9. The summed E-state index contributed by atoms with van der Waals surface area (Å²) in [5.41, 5.74) is 2.11. The maximum absolute atomic E-state index is 13.8. The first-order valence-corrected chi connectivity index (χ1v) is 14.4. The van der Waals surface area contributed by atoms with Crippen molar-refractivity contribution in [3.05, 3.63) is 69.9 Å². The van der Waals surface area contributed by atoms with Gasteiger partial charge < -0.3 is 14.2 Å². The van der Waals surface area contributed by atoms with Crippen LogP contribution < -0.4 is 10.5 Å². The van der Waals surface area contributed by atoms with Gasteiger partial charge in [-0.15, -0.1) is 12.3 Å². The summed E-state index contributed by atoms with van der Waals surface area (Å²) in [6.45, 7) is 5.16. The van der Waals surface area contributed by atoms with Crippen molar-refractivity contribution < 1.29 is 13.9 Å². The van der Waals surface area contributed by atoms with Crippen LogP contribution in [0.15, 0.2) is 57.5 Å². The predicted octanol–water partition coefficient (Wildman–Crippen LogP) is 4.48. The Morgan fingerprint density at radius 2 is 1.91 bits per heavy atom. The largest absolute Gasteiger partial charge is 0.464 e. The molecule has 1 fully saturated rings. The molecule has 1 unspecified atom stereocenters. The predicted molar refractivity (Wildman–Crippen MR) is 160 cm³/mol. The second kappa shape index (κ2) is 12.3. The first-order chi connectivity index (χ1) is 20.7. The fraction of sp³-hybridized carbons (Fsp3) is 0.438. The number of aryl methyl sites for hydroxylation is 1. The van der Waals surface area contributed by atoms with Crippen molar-refractivity contribution in [2.45, 2.75) is 63.3 Å². The summed E-state index contributed by atoms with van der Waals surface area (Å²) in [5.74, 6) is 1.81. The van der Waals surface area contributed by atoms with Crippen LogP contribution in [0.1, 0.15) is 56.8 Å². The number of hydrogen-bond donors (Lipinski definition) is 0. The number of aromatic nitrogens is 2. The fourth-order valence-corrected chi connectivity index (χ4v) is 5.82. The van der Waals surface area contributed by atoms with Gasteiger partial charge >= 0.3 is 5.97 Å². The number of anilines is 1. The molecule has 0 spiro atoms. The maximum atomic E-state index is 13.8. The summed E-state index contributed by atoms with van der Waals surface area (Å²) in [6, 6.07) is 11.8. The Kier molecular flexibility index (Phi) is 8.56. The highest BCUT2D eigenvalue weighted by atomic mass is 19.1. The number of rotatable bonds is 10. The normalized spacial score (nSPS) is 19.9. The molecule has 1 saturated heterocycles. The average Bonchev–Trinajstić information content (AvgIpc) is 3.78. The Morgan fingerprint density at radius 3 is 2.58 bits per heavy atom. The highest BCUT2D eigenvalue weighted by molar-refractivity contribution is 5.89. The molecule has 1 aromatic carbocycles. The van der Waals surface area contributed by atoms with E-state index in [9.17, 15) is 19.2 Å². The lowest BCUT2D eigenvalue weighted by Gasteiger charge is -2.47. The SMILES string of the molecule is C#CCCC1(CCCOC(=O)C(c2ccc(F)cc2)N2C[C@H](C)N(c3cc(=O)n(C)c4ccc(C#N)nc34)C[C@H]2C)N=N1. The van der Waals surface area contributed by atoms with Crippen LogP contribution in [0.2, 0.25) is 0 Å². The Balaban J connectivity index is 1.37. The average molecular weight is 584 g/mol. The van der Waals surface area contributed by atoms with E-state index >= 15 is 0 Å². The summed E-state index contributed by atoms with van der Waals surface area (Å²) >= 11 is 0. The van der Waals surface area contributed by atoms with Crippen molar-refractivity contribution in [1.29, 1.82) is 5.26 Å². The van der Waals surface area contributed by atoms with E-state index in [-0.39, 0.29) is 29.9 Å². The lowest BCUT2D eigenvalue weighted by atomic mass is 9.98. The summed E-state index contributed by atoms with van der Waals surface area (Å²) in [5, 5.41) is 17.7. The van der Waals surface area contributed by atoms with E-state index in [2.05, 4.69) is 37.0 Å². The first-order valence-electron chi connectivity index (χ1n) is 14.4. The van der Waals surface area contributed by atoms with Crippen molar-refractivity contribution in [2.24, 2.45) is 17.3 Å². The Bertz CT molecular complexity index is 1680. The summed E-state index contributed by atoms with van der Waals surface area (Å²) < 4.78 is 21.1. The molecule has 43 heavy (non-hydrogen) atoms. The van der Waals surface area contributed by atoms with Gasteiger partial charge in [0.2, 0.25) is 0 Å². The van der Waals surface area contributed by atoms with Gasteiger partial charge in [0.1, 0.15) is 29.1 Å². The molecule has 4 heterocycles. The molecular weight excluding hydrogens is 549 g/mol. The van der Waals surface area contributed by atoms with Crippen LogP contribution in [0.3, 0.4) is 0 Å². The number of ether oxygens (including phenoxy) is 1. The minimum Gasteiger partial charge on any atom is -0.464 e. The van der Waals surface area contributed by atoms with Crippen LogP contribution in [0.4, 0.5) is 10.1 Å². The van der Waals surface area contributed by atoms with Crippen molar-refractivity contribution in [2.75, 3.05) is 24.6 Å². The number of fused-ring (bicyclic) bond motifs is 1. The van der Waals surface area contributed by atoms with Crippen LogP contribution in [-0.2, 0) is 16.6 Å². The minimum absolute atomic E-state index is 0.135. The van der Waals surface area contributed by atoms with E-state index in [1.165, 1.54) is 16.7 Å². The minimum atomic E-state index is -0.755. The van der Waals surface area contributed by atoms with Crippen LogP contribution in [0.5, 0.6) is 0 Å². The Hall–Kier alpha value is -4.61. The lowest BCUT2D eigenvalue weighted by molar-refractivity contribution is -0.152. The van der Waals surface area contributed by atoms with Gasteiger partial charge in [-0.3, -0.25) is 9.69 Å². The van der Waals surface area contributed by atoms with E-state index in [4.69, 9.17) is 11.2 Å². The quantitative estimate of drug-likeness (QED) is 0.196. The van der Waals surface area contributed by atoms with Gasteiger partial charge in [-0.25, -0.2) is 14.2 Å². The van der Waals surface area contributed by atoms with Crippen molar-refractivity contribution in [3.63, 3.8) is 0 Å². The van der Waals surface area contributed by atoms with Crippen molar-refractivity contribution in [3.8, 4) is 18.4 Å². The third-order valence-electron chi connectivity index (χ3n) is 8.29. The molecule has 10 nitrogen and oxygen atoms in total. The van der Waals surface area contributed by atoms with Gasteiger partial charge in [-0.05, 0) is 56.5 Å². The van der Waals surface area contributed by atoms with Gasteiger partial charge in [-0.1, -0.05) is 12.1 Å². The van der Waals surface area contributed by atoms with E-state index < -0.39 is 23.5 Å². The van der Waals surface area contributed by atoms with Crippen LogP contribution >= 0.6 is 0 Å². The molecule has 0 N–H and O–H groups in total. The zero-order valence-corrected chi connectivity index (χ0v) is 24.5. The van der Waals surface area contributed by atoms with Crippen LogP contribution in [0.25, 0.3) is 11.0 Å². The summed E-state index contributed by atoms with van der Waals surface area (Å²) in [7, 11) is 1.68. The number of nitriles is 1. The smallest absolute Gasteiger partial charge is 0.328 e. The molecule has 2 aromatic heterocycles. The molecule has 0 aliphatic carbocycles. The van der Waals surface area contributed by atoms with E-state index in [0.717, 1.165) is 0 Å². The molecular formula is C32H34FN7O3. The number of carbonyl (C=O) groups excluding carboxylic acids is 1. The molecule has 0 bridgehead atoms. The monoisotopic (exact) mass is 583 g/mol. The molecule has 0 radical (unpaired) electrons. The third-order valence-corrected chi connectivity index (χ3v) is 8.29. The second-order valence-corrected chi connectivity index (χ2v) is 11.3. The molecule has 0 saturated carbocycles. The lowest BCUT2D eigenvalue weighted by Crippen LogP contribution is -2.58. The number of benzene rings is 1. The number of nitrogens with zero attached hydrogens (tertiary/aromatic N) is 7. The number of piperazine rings is 1. The van der Waals surface area contributed by atoms with Gasteiger partial charge in [-0.2, -0.15) is 15.5 Å². The van der Waals surface area contributed by atoms with Crippen LogP contribution in [-0.4, -0.2) is 57.9 Å². The molecule has 222 valence electrons. The number of halogens is 1. The molecule has 3 atom stereocenters. The van der Waals surface area contributed by atoms with E-state index in [1.807, 2.05) is 13.8 Å². The summed E-state index contributed by atoms with van der Waals surface area (Å²) in [4.78, 5) is 35.2.